The van der Waals surface area contributed by atoms with E-state index in [2.05, 4.69) is 27.4 Å². The van der Waals surface area contributed by atoms with Gasteiger partial charge in [-0.25, -0.2) is 0 Å². The molecule has 0 heterocycles. The lowest BCUT2D eigenvalue weighted by molar-refractivity contribution is -0.137. The fourth-order valence-electron chi connectivity index (χ4n) is 5.43. The molecule has 3 nitrogen and oxygen atoms in total. The van der Waals surface area contributed by atoms with Crippen molar-refractivity contribution in [2.24, 2.45) is 22.2 Å². The van der Waals surface area contributed by atoms with Gasteiger partial charge in [0.25, 0.3) is 0 Å². The molecule has 3 aliphatic carbocycles. The second-order valence-electron chi connectivity index (χ2n) is 8.95. The molecule has 126 valence electrons. The third-order valence-electron chi connectivity index (χ3n) is 6.97. The highest BCUT2D eigenvalue weighted by molar-refractivity contribution is 6.12. The molecule has 3 aliphatic rings. The van der Waals surface area contributed by atoms with Crippen molar-refractivity contribution in [1.29, 1.82) is 0 Å². The van der Waals surface area contributed by atoms with Gasteiger partial charge in [-0.3, -0.25) is 9.59 Å². The summed E-state index contributed by atoms with van der Waals surface area (Å²) < 4.78 is 0. The molecule has 0 spiro atoms. The molecule has 0 aliphatic heterocycles. The van der Waals surface area contributed by atoms with Gasteiger partial charge in [0.15, 0.2) is 11.6 Å². The lowest BCUT2D eigenvalue weighted by Gasteiger charge is -2.56. The van der Waals surface area contributed by atoms with E-state index in [0.717, 1.165) is 19.3 Å². The highest BCUT2D eigenvalue weighted by atomic mass is 16.3. The zero-order valence-electron chi connectivity index (χ0n) is 14.7. The number of fused-ring (bicyclic) bond motifs is 2. The van der Waals surface area contributed by atoms with Crippen LogP contribution >= 0.6 is 0 Å². The number of Topliss-reactive ketones (excluding diaryl/α,β-unsaturated/α-hetero) is 2. The van der Waals surface area contributed by atoms with Crippen LogP contribution in [-0.4, -0.2) is 22.8 Å². The van der Waals surface area contributed by atoms with Crippen LogP contribution in [-0.2, 0) is 9.59 Å². The van der Waals surface area contributed by atoms with E-state index in [0.29, 0.717) is 24.0 Å². The van der Waals surface area contributed by atoms with E-state index in [1.165, 1.54) is 0 Å². The first-order valence-corrected chi connectivity index (χ1v) is 8.69. The van der Waals surface area contributed by atoms with Crippen molar-refractivity contribution in [2.75, 3.05) is 0 Å². The zero-order valence-corrected chi connectivity index (χ0v) is 14.7. The van der Waals surface area contributed by atoms with E-state index in [9.17, 15) is 14.7 Å². The van der Waals surface area contributed by atoms with E-state index in [1.807, 2.05) is 6.92 Å². The lowest BCUT2D eigenvalue weighted by Crippen LogP contribution is -2.55. The third kappa shape index (κ3) is 2.12. The second kappa shape index (κ2) is 4.89. The smallest absolute Gasteiger partial charge is 0.189 e. The maximum atomic E-state index is 13.0. The van der Waals surface area contributed by atoms with Gasteiger partial charge in [-0.2, -0.15) is 0 Å². The van der Waals surface area contributed by atoms with E-state index in [4.69, 9.17) is 0 Å². The van der Waals surface area contributed by atoms with Crippen LogP contribution in [0.2, 0.25) is 0 Å². The fourth-order valence-corrected chi connectivity index (χ4v) is 5.43. The molecule has 23 heavy (non-hydrogen) atoms. The summed E-state index contributed by atoms with van der Waals surface area (Å²) in [5.41, 5.74) is 0.327. The monoisotopic (exact) mass is 316 g/mol. The molecule has 0 aromatic rings. The summed E-state index contributed by atoms with van der Waals surface area (Å²) in [6, 6.07) is 0. The van der Waals surface area contributed by atoms with E-state index in [-0.39, 0.29) is 28.3 Å². The summed E-state index contributed by atoms with van der Waals surface area (Å²) >= 11 is 0. The zero-order chi connectivity index (χ0) is 17.2. The van der Waals surface area contributed by atoms with Crippen molar-refractivity contribution in [3.05, 3.63) is 23.8 Å². The van der Waals surface area contributed by atoms with Crippen LogP contribution in [0.3, 0.4) is 0 Å². The summed E-state index contributed by atoms with van der Waals surface area (Å²) in [5, 5.41) is 10.6. The Morgan fingerprint density at radius 2 is 1.83 bits per heavy atom. The molecule has 1 N–H and O–H groups in total. The number of carbonyl (C=O) groups is 2. The number of allylic oxidation sites excluding steroid dienone is 1. The highest BCUT2D eigenvalue weighted by Crippen LogP contribution is 2.61. The lowest BCUT2D eigenvalue weighted by atomic mass is 9.47. The van der Waals surface area contributed by atoms with Crippen molar-refractivity contribution in [3.63, 3.8) is 0 Å². The molecule has 0 aromatic heterocycles. The van der Waals surface area contributed by atoms with Crippen LogP contribution in [0.25, 0.3) is 0 Å². The summed E-state index contributed by atoms with van der Waals surface area (Å²) in [6.07, 6.45) is 4.57. The number of carbonyl (C=O) groups excluding carboxylic acids is 2. The minimum atomic E-state index is -1.09. The minimum absolute atomic E-state index is 0.0472. The topological polar surface area (TPSA) is 54.4 Å². The molecule has 3 rings (SSSR count). The summed E-state index contributed by atoms with van der Waals surface area (Å²) in [7, 11) is 0. The molecule has 0 saturated heterocycles. The Morgan fingerprint density at radius 3 is 2.43 bits per heavy atom. The van der Waals surface area contributed by atoms with Crippen molar-refractivity contribution < 1.29 is 14.7 Å². The van der Waals surface area contributed by atoms with Gasteiger partial charge in [-0.15, -0.1) is 6.58 Å². The third-order valence-corrected chi connectivity index (χ3v) is 6.97. The van der Waals surface area contributed by atoms with E-state index < -0.39 is 11.5 Å². The normalized spacial score (nSPS) is 43.0. The molecule has 0 radical (unpaired) electrons. The fraction of sp³-hybridized carbons (Fsp3) is 0.700. The molecule has 0 bridgehead atoms. The van der Waals surface area contributed by atoms with Gasteiger partial charge < -0.3 is 5.11 Å². The van der Waals surface area contributed by atoms with Crippen molar-refractivity contribution in [3.8, 4) is 0 Å². The first-order valence-electron chi connectivity index (χ1n) is 8.69. The molecular weight excluding hydrogens is 288 g/mol. The van der Waals surface area contributed by atoms with Gasteiger partial charge in [0, 0.05) is 28.4 Å². The van der Waals surface area contributed by atoms with Crippen LogP contribution in [0.4, 0.5) is 0 Å². The molecule has 4 unspecified atom stereocenters. The number of rotatable bonds is 1. The van der Waals surface area contributed by atoms with Gasteiger partial charge in [0.2, 0.25) is 0 Å². The molecule has 4 atom stereocenters. The largest absolute Gasteiger partial charge is 0.384 e. The molecule has 1 saturated carbocycles. The van der Waals surface area contributed by atoms with Crippen molar-refractivity contribution >= 4 is 11.6 Å². The van der Waals surface area contributed by atoms with Crippen LogP contribution < -0.4 is 0 Å². The predicted molar refractivity (Wildman–Crippen MR) is 89.8 cm³/mol. The first kappa shape index (κ1) is 16.6. The quantitative estimate of drug-likeness (QED) is 0.752. The Kier molecular flexibility index (Phi) is 3.54. The van der Waals surface area contributed by atoms with E-state index >= 15 is 0 Å². The standard InChI is InChI=1S/C20H28O3/c1-6-19(4)11-12-13(21)10-14-18(2,3)8-7-9-20(14,5)15(12)16(22)17(19)23/h6,14,17,23H,1,7-11H2,2-5H3. The Hall–Kier alpha value is -1.22. The van der Waals surface area contributed by atoms with Gasteiger partial charge in [0.1, 0.15) is 6.10 Å². The first-order chi connectivity index (χ1) is 10.6. The minimum Gasteiger partial charge on any atom is -0.384 e. The SMILES string of the molecule is C=CC1(C)CC2=C(C(=O)C1O)C1(C)CCCC(C)(C)C1CC2=O. The Labute approximate surface area is 138 Å². The number of ketones is 2. The molecule has 1 fully saturated rings. The van der Waals surface area contributed by atoms with Gasteiger partial charge >= 0.3 is 0 Å². The summed E-state index contributed by atoms with van der Waals surface area (Å²) in [5.74, 6) is 0.0388. The summed E-state index contributed by atoms with van der Waals surface area (Å²) in [4.78, 5) is 25.9. The number of hydrogen-bond acceptors (Lipinski definition) is 3. The Morgan fingerprint density at radius 1 is 1.17 bits per heavy atom. The van der Waals surface area contributed by atoms with Crippen molar-refractivity contribution in [1.82, 2.24) is 0 Å². The van der Waals surface area contributed by atoms with Crippen LogP contribution in [0.5, 0.6) is 0 Å². The average Bonchev–Trinajstić information content (AvgIpc) is 2.47. The van der Waals surface area contributed by atoms with Crippen LogP contribution in [0.1, 0.15) is 59.8 Å². The summed E-state index contributed by atoms with van der Waals surface area (Å²) in [6.45, 7) is 12.2. The maximum Gasteiger partial charge on any atom is 0.189 e. The molecule has 0 amide bonds. The molecule has 3 heteroatoms. The number of aliphatic hydroxyl groups excluding tert-OH is 1. The average molecular weight is 316 g/mol. The Bertz CT molecular complexity index is 627. The number of aliphatic hydroxyl groups is 1. The molecular formula is C20H28O3. The Balaban J connectivity index is 2.19. The van der Waals surface area contributed by atoms with Gasteiger partial charge in [-0.05, 0) is 30.6 Å². The highest BCUT2D eigenvalue weighted by Gasteiger charge is 2.58. The number of hydrogen-bond donors (Lipinski definition) is 1. The van der Waals surface area contributed by atoms with Gasteiger partial charge in [-0.1, -0.05) is 40.2 Å². The second-order valence-corrected chi connectivity index (χ2v) is 8.95. The predicted octanol–water partition coefficient (Wildman–Crippen LogP) is 3.61. The van der Waals surface area contributed by atoms with E-state index in [1.54, 1.807) is 6.08 Å². The van der Waals surface area contributed by atoms with Crippen LogP contribution in [0.15, 0.2) is 23.8 Å². The van der Waals surface area contributed by atoms with Gasteiger partial charge in [0.05, 0.1) is 0 Å². The van der Waals surface area contributed by atoms with Crippen LogP contribution in [0, 0.1) is 22.2 Å². The maximum absolute atomic E-state index is 13.0. The molecule has 0 aromatic carbocycles. The van der Waals surface area contributed by atoms with Crippen molar-refractivity contribution in [2.45, 2.75) is 65.9 Å².